The van der Waals surface area contributed by atoms with Crippen molar-refractivity contribution in [2.75, 3.05) is 23.9 Å². The van der Waals surface area contributed by atoms with Gasteiger partial charge in [-0.2, -0.15) is 0 Å². The average molecular weight is 635 g/mol. The van der Waals surface area contributed by atoms with Crippen LogP contribution in [-0.2, 0) is 28.1 Å². The summed E-state index contributed by atoms with van der Waals surface area (Å²) >= 11 is 6.72. The minimum atomic E-state index is -2.68. The molecule has 3 nitrogen and oxygen atoms in total. The summed E-state index contributed by atoms with van der Waals surface area (Å²) < 4.78 is 7.10. The fraction of sp³-hybridized carbons (Fsp3) is 0.450. The molecule has 1 unspecified atom stereocenters. The lowest BCUT2D eigenvalue weighted by Gasteiger charge is -2.57. The number of hydrogen-bond donors (Lipinski definition) is 0. The third-order valence-corrected chi connectivity index (χ3v) is 14.8. The van der Waals surface area contributed by atoms with Crippen LogP contribution in [0.4, 0.5) is 11.4 Å². The van der Waals surface area contributed by atoms with Crippen LogP contribution in [0.15, 0.2) is 95.8 Å². The Labute approximate surface area is 275 Å². The molecule has 1 atom stereocenters. The van der Waals surface area contributed by atoms with E-state index >= 15 is 0 Å². The van der Waals surface area contributed by atoms with E-state index in [2.05, 4.69) is 136 Å². The zero-order valence-electron chi connectivity index (χ0n) is 27.7. The van der Waals surface area contributed by atoms with Crippen molar-refractivity contribution in [3.05, 3.63) is 113 Å². The molecule has 2 heterocycles. The predicted octanol–water partition coefficient (Wildman–Crippen LogP) is 10.5. The Kier molecular flexibility index (Phi) is 6.64. The Morgan fingerprint density at radius 1 is 0.667 bits per heavy atom. The lowest BCUT2D eigenvalue weighted by atomic mass is 9.48. The molecule has 0 radical (unpaired) electrons. The zero-order chi connectivity index (χ0) is 31.4. The second-order valence-electron chi connectivity index (χ2n) is 15.9. The lowest BCUT2D eigenvalue weighted by molar-refractivity contribution is -0.00519. The number of benzene rings is 3. The molecule has 4 fully saturated rings. The van der Waals surface area contributed by atoms with E-state index in [1.807, 2.05) is 0 Å². The van der Waals surface area contributed by atoms with Gasteiger partial charge in [0, 0.05) is 59.3 Å². The quantitative estimate of drug-likeness (QED) is 0.260. The van der Waals surface area contributed by atoms with E-state index in [4.69, 9.17) is 16.3 Å². The average Bonchev–Trinajstić information content (AvgIpc) is 3.31. The molecule has 0 spiro atoms. The highest BCUT2D eigenvalue weighted by atomic mass is 32.4. The number of likely N-dealkylation sites (N-methyl/N-ethyl adjacent to an activating group) is 2. The van der Waals surface area contributed by atoms with Crippen molar-refractivity contribution in [3.63, 3.8) is 0 Å². The van der Waals surface area contributed by atoms with E-state index in [1.165, 1.54) is 78.0 Å². The molecule has 0 saturated heterocycles. The van der Waals surface area contributed by atoms with Crippen molar-refractivity contribution in [2.45, 2.75) is 82.5 Å². The Hall–Kier alpha value is -2.81. The van der Waals surface area contributed by atoms with Gasteiger partial charge in [-0.05, 0) is 114 Å². The van der Waals surface area contributed by atoms with Gasteiger partial charge in [-0.25, -0.2) is 0 Å². The van der Waals surface area contributed by atoms with Crippen molar-refractivity contribution in [1.82, 2.24) is 0 Å². The van der Waals surface area contributed by atoms with Crippen molar-refractivity contribution < 1.29 is 4.52 Å². The number of nitrogens with zero attached hydrogens (tertiary/aromatic N) is 2. The molecule has 5 heteroatoms. The van der Waals surface area contributed by atoms with Crippen LogP contribution in [0.1, 0.15) is 82.9 Å². The first kappa shape index (κ1) is 29.6. The molecule has 45 heavy (non-hydrogen) atoms. The molecular formula is C40H47N2OPS. The summed E-state index contributed by atoms with van der Waals surface area (Å²) in [6.45, 7) is 9.26. The summed E-state index contributed by atoms with van der Waals surface area (Å²) in [7, 11) is 4.35. The first-order valence-electron chi connectivity index (χ1n) is 16.9. The molecule has 4 saturated carbocycles. The Morgan fingerprint density at radius 3 is 1.51 bits per heavy atom. The minimum Gasteiger partial charge on any atom is -0.459 e. The number of hydrogen-bond acceptors (Lipinski definition) is 4. The van der Waals surface area contributed by atoms with E-state index in [1.54, 1.807) is 0 Å². The number of anilines is 2. The van der Waals surface area contributed by atoms with Gasteiger partial charge in [-0.15, -0.1) is 0 Å². The van der Waals surface area contributed by atoms with Crippen LogP contribution in [0.5, 0.6) is 5.75 Å². The highest BCUT2D eigenvalue weighted by Crippen LogP contribution is 2.62. The van der Waals surface area contributed by atoms with Crippen molar-refractivity contribution in [2.24, 2.45) is 17.8 Å². The van der Waals surface area contributed by atoms with Crippen LogP contribution in [0.2, 0.25) is 0 Å². The van der Waals surface area contributed by atoms with Crippen molar-refractivity contribution in [1.29, 1.82) is 0 Å². The summed E-state index contributed by atoms with van der Waals surface area (Å²) in [6, 6.07) is 26.7. The number of rotatable bonds is 5. The Balaban J connectivity index is 1.19. The summed E-state index contributed by atoms with van der Waals surface area (Å²) in [5.74, 6) is 8.31. The van der Waals surface area contributed by atoms with Gasteiger partial charge in [0.2, 0.25) is 0 Å². The minimum absolute atomic E-state index is 0.181. The summed E-state index contributed by atoms with van der Waals surface area (Å²) in [5.41, 5.74) is 9.12. The molecule has 0 amide bonds. The van der Waals surface area contributed by atoms with Gasteiger partial charge in [0.15, 0.2) is 6.26 Å². The molecule has 2 aliphatic heterocycles. The normalized spacial score (nSPS) is 31.7. The highest BCUT2D eigenvalue weighted by molar-refractivity contribution is 8.15. The molecule has 4 aliphatic carbocycles. The monoisotopic (exact) mass is 634 g/mol. The van der Waals surface area contributed by atoms with Crippen LogP contribution in [0, 0.1) is 17.8 Å². The van der Waals surface area contributed by atoms with Crippen LogP contribution >= 0.6 is 6.26 Å². The highest BCUT2D eigenvalue weighted by Gasteiger charge is 2.51. The summed E-state index contributed by atoms with van der Waals surface area (Å²) in [6.07, 6.45) is 5.85. The maximum Gasteiger partial charge on any atom is 0.161 e. The standard InChI is InChI=1S/C40H47N2OPS/c1-38(2)32-11-7-9-13-34(32)41(5)36(38)25-44(45,26-37-39(3,4)33-12-8-10-14-35(33)42(37)6)43-31-17-15-30(16-18-31)40-22-27-19-28(23-40)21-29(20-27)24-40/h7-18,25-29H,19-24H2,1-6H3/b36-25-,37-26+. The largest absolute Gasteiger partial charge is 0.459 e. The van der Waals surface area contributed by atoms with Gasteiger partial charge in [0.05, 0.1) is 0 Å². The van der Waals surface area contributed by atoms with Crippen LogP contribution < -0.4 is 14.3 Å². The van der Waals surface area contributed by atoms with Crippen molar-refractivity contribution >= 4 is 29.4 Å². The van der Waals surface area contributed by atoms with E-state index in [9.17, 15) is 0 Å². The van der Waals surface area contributed by atoms with Gasteiger partial charge in [0.25, 0.3) is 0 Å². The second kappa shape index (κ2) is 10.1. The van der Waals surface area contributed by atoms with E-state index in [0.29, 0.717) is 5.41 Å². The number of allylic oxidation sites excluding steroid dienone is 2. The van der Waals surface area contributed by atoms with Gasteiger partial charge in [0.1, 0.15) is 5.75 Å². The van der Waals surface area contributed by atoms with E-state index in [0.717, 1.165) is 23.5 Å². The first-order valence-corrected chi connectivity index (χ1v) is 19.8. The molecular weight excluding hydrogens is 587 g/mol. The zero-order valence-corrected chi connectivity index (χ0v) is 29.4. The third-order valence-electron chi connectivity index (χ3n) is 12.2. The fourth-order valence-electron chi connectivity index (χ4n) is 10.4. The molecule has 6 aliphatic rings. The van der Waals surface area contributed by atoms with Crippen LogP contribution in [0.25, 0.3) is 0 Å². The van der Waals surface area contributed by atoms with Gasteiger partial charge < -0.3 is 14.3 Å². The first-order chi connectivity index (χ1) is 21.4. The van der Waals surface area contributed by atoms with E-state index < -0.39 is 6.26 Å². The number of fused-ring (bicyclic) bond motifs is 2. The van der Waals surface area contributed by atoms with Crippen molar-refractivity contribution in [3.8, 4) is 5.75 Å². The molecule has 234 valence electrons. The van der Waals surface area contributed by atoms with Crippen LogP contribution in [-0.4, -0.2) is 14.1 Å². The second-order valence-corrected chi connectivity index (χ2v) is 19.6. The fourth-order valence-corrected chi connectivity index (χ4v) is 13.6. The lowest BCUT2D eigenvalue weighted by Crippen LogP contribution is -2.48. The smallest absolute Gasteiger partial charge is 0.161 e. The molecule has 9 rings (SSSR count). The third kappa shape index (κ3) is 4.61. The summed E-state index contributed by atoms with van der Waals surface area (Å²) in [4.78, 5) is 4.65. The van der Waals surface area contributed by atoms with Crippen LogP contribution in [0.3, 0.4) is 0 Å². The molecule has 0 aromatic heterocycles. The van der Waals surface area contributed by atoms with Gasteiger partial charge in [-0.3, -0.25) is 0 Å². The Bertz CT molecular complexity index is 1660. The SMILES string of the molecule is CN1/C(=C\P(=S)(/C=C2/N(C)c3ccccc3C2(C)C)Oc2ccc(C34CC5CC(CC(C5)C3)C4)cc2)C(C)(C)c2ccccc21. The van der Waals surface area contributed by atoms with Gasteiger partial charge >= 0.3 is 0 Å². The topological polar surface area (TPSA) is 15.7 Å². The number of para-hydroxylation sites is 2. The predicted molar refractivity (Wildman–Crippen MR) is 193 cm³/mol. The van der Waals surface area contributed by atoms with E-state index in [-0.39, 0.29) is 10.8 Å². The molecule has 3 aromatic carbocycles. The summed E-state index contributed by atoms with van der Waals surface area (Å²) in [5, 5.41) is 0. The maximum atomic E-state index is 7.10. The molecule has 3 aromatic rings. The maximum absolute atomic E-state index is 7.10. The molecule has 0 N–H and O–H groups in total. The van der Waals surface area contributed by atoms with Gasteiger partial charge in [-0.1, -0.05) is 76.2 Å². The Morgan fingerprint density at radius 2 is 1.09 bits per heavy atom. The molecule has 4 bridgehead atoms.